The SMILES string of the molecule is COc1cncc(C=C(CNC(=O)OC(C)(C)C)B2OC(C)(C)C(C)(C)O2)c1. The third kappa shape index (κ3) is 5.72. The van der Waals surface area contributed by atoms with E-state index in [0.29, 0.717) is 5.75 Å². The van der Waals surface area contributed by atoms with Crippen LogP contribution in [0.2, 0.25) is 0 Å². The number of carbonyl (C=O) groups is 1. The highest BCUT2D eigenvalue weighted by Gasteiger charge is 2.52. The molecule has 1 amide bonds. The number of hydrogen-bond acceptors (Lipinski definition) is 6. The number of aromatic nitrogens is 1. The zero-order valence-corrected chi connectivity index (χ0v) is 18.1. The highest BCUT2D eigenvalue weighted by Crippen LogP contribution is 2.38. The smallest absolute Gasteiger partial charge is 0.492 e. The number of methoxy groups -OCH3 is 1. The third-order valence-electron chi connectivity index (χ3n) is 4.71. The second-order valence-corrected chi connectivity index (χ2v) is 8.82. The molecule has 28 heavy (non-hydrogen) atoms. The molecule has 0 aromatic carbocycles. The van der Waals surface area contributed by atoms with Gasteiger partial charge in [0.25, 0.3) is 0 Å². The molecule has 1 aromatic rings. The van der Waals surface area contributed by atoms with Gasteiger partial charge in [-0.2, -0.15) is 0 Å². The van der Waals surface area contributed by atoms with Crippen LogP contribution in [0, 0.1) is 0 Å². The number of amides is 1. The van der Waals surface area contributed by atoms with E-state index in [9.17, 15) is 4.79 Å². The maximum Gasteiger partial charge on any atom is 0.492 e. The monoisotopic (exact) mass is 390 g/mol. The van der Waals surface area contributed by atoms with Crippen molar-refractivity contribution in [2.75, 3.05) is 13.7 Å². The molecule has 2 heterocycles. The van der Waals surface area contributed by atoms with Crippen LogP contribution in [-0.2, 0) is 14.0 Å². The zero-order valence-electron chi connectivity index (χ0n) is 18.1. The van der Waals surface area contributed by atoms with E-state index in [1.54, 1.807) is 19.5 Å². The second kappa shape index (κ2) is 8.13. The summed E-state index contributed by atoms with van der Waals surface area (Å²) in [5.41, 5.74) is 0.00853. The lowest BCUT2D eigenvalue weighted by Gasteiger charge is -2.32. The lowest BCUT2D eigenvalue weighted by molar-refractivity contribution is 0.00578. The zero-order chi connectivity index (χ0) is 21.2. The fourth-order valence-corrected chi connectivity index (χ4v) is 2.53. The van der Waals surface area contributed by atoms with Gasteiger partial charge in [0.15, 0.2) is 0 Å². The fourth-order valence-electron chi connectivity index (χ4n) is 2.53. The quantitative estimate of drug-likeness (QED) is 0.774. The molecule has 1 fully saturated rings. The Morgan fingerprint density at radius 1 is 1.21 bits per heavy atom. The maximum absolute atomic E-state index is 12.1. The number of ether oxygens (including phenoxy) is 2. The number of nitrogens with one attached hydrogen (secondary N) is 1. The topological polar surface area (TPSA) is 78.9 Å². The van der Waals surface area contributed by atoms with Gasteiger partial charge in [0, 0.05) is 12.7 Å². The number of hydrogen-bond donors (Lipinski definition) is 1. The summed E-state index contributed by atoms with van der Waals surface area (Å²) in [5, 5.41) is 2.78. The van der Waals surface area contributed by atoms with E-state index in [0.717, 1.165) is 11.0 Å². The van der Waals surface area contributed by atoms with Crippen molar-refractivity contribution in [1.82, 2.24) is 10.3 Å². The Bertz CT molecular complexity index is 724. The highest BCUT2D eigenvalue weighted by atomic mass is 16.7. The van der Waals surface area contributed by atoms with Crippen molar-refractivity contribution < 1.29 is 23.6 Å². The number of carbonyl (C=O) groups excluding carboxylic acids is 1. The summed E-state index contributed by atoms with van der Waals surface area (Å²) in [6.45, 7) is 13.6. The Balaban J connectivity index is 2.26. The molecule has 1 aliphatic rings. The van der Waals surface area contributed by atoms with Crippen molar-refractivity contribution in [3.8, 4) is 5.75 Å². The first kappa shape index (κ1) is 22.2. The van der Waals surface area contributed by atoms with E-state index in [4.69, 9.17) is 18.8 Å². The molecular formula is C20H31BN2O5. The van der Waals surface area contributed by atoms with Gasteiger partial charge >= 0.3 is 13.2 Å². The summed E-state index contributed by atoms with van der Waals surface area (Å²) < 4.78 is 22.9. The van der Waals surface area contributed by atoms with E-state index in [-0.39, 0.29) is 6.54 Å². The van der Waals surface area contributed by atoms with Crippen LogP contribution in [0.15, 0.2) is 23.9 Å². The molecule has 0 atom stereocenters. The molecule has 0 bridgehead atoms. The minimum absolute atomic E-state index is 0.211. The predicted octanol–water partition coefficient (Wildman–Crippen LogP) is 3.63. The molecule has 0 radical (unpaired) electrons. The largest absolute Gasteiger partial charge is 0.495 e. The summed E-state index contributed by atoms with van der Waals surface area (Å²) in [5.74, 6) is 0.641. The van der Waals surface area contributed by atoms with E-state index in [2.05, 4.69) is 10.3 Å². The van der Waals surface area contributed by atoms with Gasteiger partial charge in [-0.25, -0.2) is 4.79 Å². The van der Waals surface area contributed by atoms with Crippen molar-refractivity contribution in [3.05, 3.63) is 29.5 Å². The standard InChI is InChI=1S/C20H31BN2O5/c1-18(2,3)26-17(24)23-12-15(9-14-10-16(25-8)13-22-11-14)21-27-19(4,5)20(6,7)28-21/h9-11,13H,12H2,1-8H3,(H,23,24). The van der Waals surface area contributed by atoms with Gasteiger partial charge in [-0.05, 0) is 65.6 Å². The summed E-state index contributed by atoms with van der Waals surface area (Å²) >= 11 is 0. The van der Waals surface area contributed by atoms with Gasteiger partial charge in [0.05, 0.1) is 24.5 Å². The van der Waals surface area contributed by atoms with Crippen LogP contribution in [0.5, 0.6) is 5.75 Å². The van der Waals surface area contributed by atoms with Crippen LogP contribution >= 0.6 is 0 Å². The van der Waals surface area contributed by atoms with Crippen molar-refractivity contribution in [1.29, 1.82) is 0 Å². The molecule has 0 unspecified atom stereocenters. The molecule has 2 rings (SSSR count). The number of pyridine rings is 1. The average Bonchev–Trinajstić information content (AvgIpc) is 2.77. The summed E-state index contributed by atoms with van der Waals surface area (Å²) in [4.78, 5) is 16.3. The van der Waals surface area contributed by atoms with E-state index < -0.39 is 30.0 Å². The molecule has 0 spiro atoms. The minimum atomic E-state index is -0.605. The Kier molecular flexibility index (Phi) is 6.46. The first-order valence-corrected chi connectivity index (χ1v) is 9.35. The highest BCUT2D eigenvalue weighted by molar-refractivity contribution is 6.56. The van der Waals surface area contributed by atoms with Gasteiger partial charge < -0.3 is 24.1 Å². The molecular weight excluding hydrogens is 359 g/mol. The molecule has 0 aliphatic carbocycles. The molecule has 1 N–H and O–H groups in total. The minimum Gasteiger partial charge on any atom is -0.495 e. The van der Waals surface area contributed by atoms with Gasteiger partial charge in [0.1, 0.15) is 11.4 Å². The molecule has 7 nitrogen and oxygen atoms in total. The first-order valence-electron chi connectivity index (χ1n) is 9.35. The van der Waals surface area contributed by atoms with E-state index >= 15 is 0 Å². The lowest BCUT2D eigenvalue weighted by atomic mass is 9.77. The van der Waals surface area contributed by atoms with Crippen molar-refractivity contribution in [2.45, 2.75) is 65.3 Å². The molecule has 8 heteroatoms. The second-order valence-electron chi connectivity index (χ2n) is 8.82. The van der Waals surface area contributed by atoms with Gasteiger partial charge in [-0.3, -0.25) is 4.98 Å². The normalized spacial score (nSPS) is 18.7. The molecule has 1 aliphatic heterocycles. The number of alkyl carbamates (subject to hydrolysis) is 1. The lowest BCUT2D eigenvalue weighted by Crippen LogP contribution is -2.41. The van der Waals surface area contributed by atoms with Crippen LogP contribution in [0.4, 0.5) is 4.79 Å². The van der Waals surface area contributed by atoms with Crippen LogP contribution < -0.4 is 10.1 Å². The molecule has 0 saturated carbocycles. The Hall–Kier alpha value is -2.06. The molecule has 1 saturated heterocycles. The Morgan fingerprint density at radius 3 is 2.36 bits per heavy atom. The molecule has 1 aromatic heterocycles. The van der Waals surface area contributed by atoms with Gasteiger partial charge in [-0.15, -0.1) is 0 Å². The first-order chi connectivity index (χ1) is 12.8. The Labute approximate surface area is 167 Å². The van der Waals surface area contributed by atoms with Crippen molar-refractivity contribution in [2.24, 2.45) is 0 Å². The maximum atomic E-state index is 12.1. The Morgan fingerprint density at radius 2 is 1.82 bits per heavy atom. The number of rotatable bonds is 5. The van der Waals surface area contributed by atoms with Crippen LogP contribution in [0.25, 0.3) is 6.08 Å². The summed E-state index contributed by atoms with van der Waals surface area (Å²) in [7, 11) is 0.982. The van der Waals surface area contributed by atoms with E-state index in [1.165, 1.54) is 0 Å². The van der Waals surface area contributed by atoms with Crippen LogP contribution in [0.1, 0.15) is 54.0 Å². The third-order valence-corrected chi connectivity index (χ3v) is 4.71. The average molecular weight is 390 g/mol. The van der Waals surface area contributed by atoms with Crippen molar-refractivity contribution >= 4 is 19.3 Å². The summed E-state index contributed by atoms with van der Waals surface area (Å²) in [6, 6.07) is 1.85. The predicted molar refractivity (Wildman–Crippen MR) is 109 cm³/mol. The van der Waals surface area contributed by atoms with Gasteiger partial charge in [-0.1, -0.05) is 6.08 Å². The van der Waals surface area contributed by atoms with Crippen LogP contribution in [-0.4, -0.2) is 48.7 Å². The van der Waals surface area contributed by atoms with Crippen molar-refractivity contribution in [3.63, 3.8) is 0 Å². The molecule has 154 valence electrons. The van der Waals surface area contributed by atoms with E-state index in [1.807, 2.05) is 60.6 Å². The van der Waals surface area contributed by atoms with Crippen LogP contribution in [0.3, 0.4) is 0 Å². The fraction of sp³-hybridized carbons (Fsp3) is 0.600. The summed E-state index contributed by atoms with van der Waals surface area (Å²) in [6.07, 6.45) is 4.72. The number of nitrogens with zero attached hydrogens (tertiary/aromatic N) is 1. The van der Waals surface area contributed by atoms with Gasteiger partial charge in [0.2, 0.25) is 0 Å².